The second-order valence-corrected chi connectivity index (χ2v) is 13.7. The zero-order valence-corrected chi connectivity index (χ0v) is 26.6. The van der Waals surface area contributed by atoms with E-state index in [2.05, 4.69) is 20.1 Å². The Bertz CT molecular complexity index is 1890. The average Bonchev–Trinajstić information content (AvgIpc) is 3.44. The zero-order valence-electron chi connectivity index (χ0n) is 25.8. The molecule has 244 valence electrons. The van der Waals surface area contributed by atoms with E-state index in [1.54, 1.807) is 38.2 Å². The molecule has 2 aliphatic rings. The summed E-state index contributed by atoms with van der Waals surface area (Å²) < 4.78 is 76.5. The van der Waals surface area contributed by atoms with Crippen LogP contribution in [0.4, 0.5) is 19.0 Å². The summed E-state index contributed by atoms with van der Waals surface area (Å²) in [5.74, 6) is -1.72. The third-order valence-corrected chi connectivity index (χ3v) is 10.8. The van der Waals surface area contributed by atoms with Crippen molar-refractivity contribution in [2.75, 3.05) is 24.6 Å². The number of fused-ring (bicyclic) bond motifs is 4. The number of rotatable bonds is 7. The van der Waals surface area contributed by atoms with Gasteiger partial charge in [-0.05, 0) is 86.1 Å². The number of piperidine rings is 1. The van der Waals surface area contributed by atoms with E-state index in [9.17, 15) is 26.4 Å². The van der Waals surface area contributed by atoms with Crippen molar-refractivity contribution in [3.8, 4) is 0 Å². The Morgan fingerprint density at radius 2 is 1.93 bits per heavy atom. The molecule has 0 amide bonds. The number of sulfonamides is 1. The summed E-state index contributed by atoms with van der Waals surface area (Å²) in [5, 5.41) is 7.19. The lowest BCUT2D eigenvalue weighted by Gasteiger charge is -2.36. The average molecular weight is 657 g/mol. The van der Waals surface area contributed by atoms with Crippen LogP contribution in [-0.4, -0.2) is 64.0 Å². The number of aromatic nitrogens is 4. The molecule has 4 aromatic rings. The van der Waals surface area contributed by atoms with Gasteiger partial charge in [-0.3, -0.25) is 9.20 Å². The third kappa shape index (κ3) is 5.83. The van der Waals surface area contributed by atoms with E-state index in [4.69, 9.17) is 4.74 Å². The number of alkyl halides is 3. The van der Waals surface area contributed by atoms with Crippen molar-refractivity contribution in [1.82, 2.24) is 23.9 Å². The van der Waals surface area contributed by atoms with Crippen molar-refractivity contribution in [3.63, 3.8) is 0 Å². The molecule has 0 bridgehead atoms. The van der Waals surface area contributed by atoms with Crippen molar-refractivity contribution in [1.29, 1.82) is 0 Å². The van der Waals surface area contributed by atoms with Gasteiger partial charge in [0.25, 0.3) is 0 Å². The number of anilines is 1. The second kappa shape index (κ2) is 12.3. The van der Waals surface area contributed by atoms with Crippen LogP contribution in [0.15, 0.2) is 53.7 Å². The highest BCUT2D eigenvalue weighted by Gasteiger charge is 2.40. The summed E-state index contributed by atoms with van der Waals surface area (Å²) in [7, 11) is -3.90. The molecular formula is C32H35F3N6O4S. The molecule has 6 rings (SSSR count). The molecule has 1 aromatic carbocycles. The Balaban J connectivity index is 1.41. The van der Waals surface area contributed by atoms with Gasteiger partial charge >= 0.3 is 12.1 Å². The van der Waals surface area contributed by atoms with Gasteiger partial charge in [0.2, 0.25) is 15.8 Å². The fourth-order valence-electron chi connectivity index (χ4n) is 6.62. The van der Waals surface area contributed by atoms with Gasteiger partial charge in [0.1, 0.15) is 10.7 Å². The smallest absolute Gasteiger partial charge is 0.452 e. The third-order valence-electron chi connectivity index (χ3n) is 8.98. The summed E-state index contributed by atoms with van der Waals surface area (Å²) in [6, 6.07) is 10.4. The van der Waals surface area contributed by atoms with E-state index < -0.39 is 33.9 Å². The standard InChI is InChI=1S/C32H35F3N6O4S/c1-4-45-28(42)17-26(25-12-15-41-29(21(25)3)37-38-31(41)32(33,34)35)22-11-10-20(2)23(16-22)18-39-19-24-8-5-6-14-40(24)30-27(46(39,43)44)9-7-13-36-30/h7,9-13,15-16,24,26H,4-6,8,14,17-19H2,1-3H3/t24-,26?/m0/s1. The van der Waals surface area contributed by atoms with Gasteiger partial charge in [0, 0.05) is 44.0 Å². The first kappa shape index (κ1) is 31.9. The first-order valence-corrected chi connectivity index (χ1v) is 16.7. The lowest BCUT2D eigenvalue weighted by Crippen LogP contribution is -2.45. The van der Waals surface area contributed by atoms with Crippen molar-refractivity contribution in [2.45, 2.75) is 76.0 Å². The van der Waals surface area contributed by atoms with E-state index in [0.717, 1.165) is 41.3 Å². The van der Waals surface area contributed by atoms with E-state index in [-0.39, 0.29) is 36.2 Å². The van der Waals surface area contributed by atoms with Crippen LogP contribution in [-0.2, 0) is 32.3 Å². The lowest BCUT2D eigenvalue weighted by atomic mass is 9.85. The van der Waals surface area contributed by atoms with Crippen LogP contribution in [0.3, 0.4) is 0 Å². The highest BCUT2D eigenvalue weighted by Crippen LogP contribution is 2.38. The second-order valence-electron chi connectivity index (χ2n) is 11.8. The van der Waals surface area contributed by atoms with Crippen LogP contribution in [0.1, 0.15) is 72.2 Å². The van der Waals surface area contributed by atoms with E-state index in [1.807, 2.05) is 25.1 Å². The quantitative estimate of drug-likeness (QED) is 0.243. The number of carbonyl (C=O) groups excluding carboxylic acids is 1. The van der Waals surface area contributed by atoms with Gasteiger partial charge in [-0.15, -0.1) is 10.2 Å². The van der Waals surface area contributed by atoms with Crippen molar-refractivity contribution in [2.24, 2.45) is 0 Å². The van der Waals surface area contributed by atoms with Crippen molar-refractivity contribution >= 4 is 27.5 Å². The molecule has 0 N–H and O–H groups in total. The Morgan fingerprint density at radius 3 is 2.70 bits per heavy atom. The fraction of sp³-hybridized carbons (Fsp3) is 0.438. The SMILES string of the molecule is CCOC(=O)CC(c1ccc(C)c(CN2C[C@@H]3CCCCN3c3ncccc3S2(=O)=O)c1)c1ccn2c(C(F)(F)F)nnc2c1C. The first-order chi connectivity index (χ1) is 21.9. The minimum Gasteiger partial charge on any atom is -0.466 e. The maximum atomic E-state index is 14.1. The Labute approximate surface area is 265 Å². The van der Waals surface area contributed by atoms with Gasteiger partial charge < -0.3 is 9.64 Å². The molecule has 5 heterocycles. The van der Waals surface area contributed by atoms with Crippen molar-refractivity contribution < 1.29 is 31.1 Å². The Hall–Kier alpha value is -4.04. The molecule has 1 unspecified atom stereocenters. The van der Waals surface area contributed by atoms with Crippen LogP contribution in [0.25, 0.3) is 5.65 Å². The molecule has 46 heavy (non-hydrogen) atoms. The van der Waals surface area contributed by atoms with Gasteiger partial charge in [0.15, 0.2) is 5.65 Å². The minimum atomic E-state index is -4.69. The maximum absolute atomic E-state index is 14.1. The molecule has 3 aromatic heterocycles. The molecule has 1 saturated heterocycles. The largest absolute Gasteiger partial charge is 0.466 e. The Morgan fingerprint density at radius 1 is 1.13 bits per heavy atom. The van der Waals surface area contributed by atoms with Gasteiger partial charge in [-0.2, -0.15) is 17.5 Å². The molecule has 0 aliphatic carbocycles. The van der Waals surface area contributed by atoms with E-state index in [1.165, 1.54) is 10.5 Å². The fourth-order valence-corrected chi connectivity index (χ4v) is 8.23. The minimum absolute atomic E-state index is 0.0150. The molecule has 1 fully saturated rings. The van der Waals surface area contributed by atoms with E-state index >= 15 is 0 Å². The molecule has 14 heteroatoms. The highest BCUT2D eigenvalue weighted by molar-refractivity contribution is 7.89. The number of nitrogens with zero attached hydrogens (tertiary/aromatic N) is 6. The number of esters is 1. The van der Waals surface area contributed by atoms with Crippen LogP contribution in [0.5, 0.6) is 0 Å². The molecule has 0 spiro atoms. The summed E-state index contributed by atoms with van der Waals surface area (Å²) in [6.45, 7) is 6.57. The Kier molecular flexibility index (Phi) is 8.53. The normalized spacial score (nSPS) is 18.9. The van der Waals surface area contributed by atoms with E-state index in [0.29, 0.717) is 29.1 Å². The number of aryl methyl sites for hydroxylation is 2. The summed E-state index contributed by atoms with van der Waals surface area (Å²) in [5.41, 5.74) is 3.39. The zero-order chi connectivity index (χ0) is 32.8. The summed E-state index contributed by atoms with van der Waals surface area (Å²) >= 11 is 0. The van der Waals surface area contributed by atoms with Crippen molar-refractivity contribution in [3.05, 3.63) is 82.4 Å². The highest BCUT2D eigenvalue weighted by atomic mass is 32.2. The number of carbonyl (C=O) groups is 1. The maximum Gasteiger partial charge on any atom is 0.452 e. The molecule has 2 atom stereocenters. The first-order valence-electron chi connectivity index (χ1n) is 15.3. The lowest BCUT2D eigenvalue weighted by molar-refractivity contribution is -0.145. The number of benzene rings is 1. The monoisotopic (exact) mass is 656 g/mol. The predicted octanol–water partition coefficient (Wildman–Crippen LogP) is 5.41. The van der Waals surface area contributed by atoms with Crippen LogP contribution >= 0.6 is 0 Å². The predicted molar refractivity (Wildman–Crippen MR) is 164 cm³/mol. The molecule has 2 aliphatic heterocycles. The number of ether oxygens (including phenoxy) is 1. The van der Waals surface area contributed by atoms with Gasteiger partial charge in [-0.1, -0.05) is 18.2 Å². The van der Waals surface area contributed by atoms with Crippen LogP contribution in [0.2, 0.25) is 0 Å². The number of hydrogen-bond acceptors (Lipinski definition) is 8. The number of halogens is 3. The van der Waals surface area contributed by atoms with Gasteiger partial charge in [0.05, 0.1) is 13.0 Å². The molecule has 0 radical (unpaired) electrons. The molecule has 10 nitrogen and oxygen atoms in total. The topological polar surface area (TPSA) is 110 Å². The summed E-state index contributed by atoms with van der Waals surface area (Å²) in [4.78, 5) is 19.6. The van der Waals surface area contributed by atoms with Crippen LogP contribution in [0, 0.1) is 13.8 Å². The number of pyridine rings is 2. The van der Waals surface area contributed by atoms with Crippen LogP contribution < -0.4 is 4.90 Å². The number of hydrogen-bond donors (Lipinski definition) is 0. The molecular weight excluding hydrogens is 621 g/mol. The van der Waals surface area contributed by atoms with Gasteiger partial charge in [-0.25, -0.2) is 13.4 Å². The molecule has 0 saturated carbocycles. The summed E-state index contributed by atoms with van der Waals surface area (Å²) in [6.07, 6.45) is 0.931.